The molecule has 0 aliphatic carbocycles. The average Bonchev–Trinajstić information content (AvgIpc) is 2.49. The van der Waals surface area contributed by atoms with Crippen molar-refractivity contribution in [2.45, 2.75) is 31.0 Å². The highest BCUT2D eigenvalue weighted by Crippen LogP contribution is 2.46. The lowest BCUT2D eigenvalue weighted by Gasteiger charge is -2.47. The average molecular weight is 296 g/mol. The van der Waals surface area contributed by atoms with Crippen LogP contribution in [0.2, 0.25) is 0 Å². The van der Waals surface area contributed by atoms with E-state index in [9.17, 15) is 15.3 Å². The van der Waals surface area contributed by atoms with Gasteiger partial charge in [0.05, 0.1) is 5.56 Å². The molecule has 1 spiro atoms. The molecule has 0 amide bonds. The summed E-state index contributed by atoms with van der Waals surface area (Å²) in [6.07, 6.45) is -4.14. The highest BCUT2D eigenvalue weighted by atomic mass is 16.8. The zero-order valence-corrected chi connectivity index (χ0v) is 11.3. The van der Waals surface area contributed by atoms with Crippen molar-refractivity contribution in [2.75, 3.05) is 6.79 Å². The first-order chi connectivity index (χ1) is 9.99. The normalized spacial score (nSPS) is 37.0. The molecule has 2 aliphatic rings. The molecule has 1 saturated heterocycles. The molecule has 0 radical (unpaired) electrons. The molecule has 0 unspecified atom stereocenters. The summed E-state index contributed by atoms with van der Waals surface area (Å²) < 4.78 is 16.3. The Morgan fingerprint density at radius 2 is 2.05 bits per heavy atom. The van der Waals surface area contributed by atoms with Crippen molar-refractivity contribution < 1.29 is 34.6 Å². The van der Waals surface area contributed by atoms with Crippen LogP contribution in [0.15, 0.2) is 30.2 Å². The number of ether oxygens (including phenoxy) is 3. The van der Waals surface area contributed by atoms with Crippen molar-refractivity contribution in [1.29, 1.82) is 0 Å². The van der Waals surface area contributed by atoms with E-state index in [2.05, 4.69) is 0 Å². The summed E-state index contributed by atoms with van der Waals surface area (Å²) in [5.74, 6) is -1.60. The van der Waals surface area contributed by atoms with E-state index in [1.54, 1.807) is 12.1 Å². The third-order valence-electron chi connectivity index (χ3n) is 3.72. The fourth-order valence-corrected chi connectivity index (χ4v) is 2.59. The van der Waals surface area contributed by atoms with Gasteiger partial charge in [0.2, 0.25) is 0 Å². The fraction of sp³-hybridized carbons (Fsp3) is 0.429. The van der Waals surface area contributed by atoms with Crippen LogP contribution in [0.4, 0.5) is 0 Å². The summed E-state index contributed by atoms with van der Waals surface area (Å²) in [6.45, 7) is 1.64. The molecule has 4 N–H and O–H groups in total. The Kier molecular flexibility index (Phi) is 3.29. The first-order valence-electron chi connectivity index (χ1n) is 6.45. The maximum Gasteiger partial charge on any atom is 0.272 e. The van der Waals surface area contributed by atoms with Crippen LogP contribution < -0.4 is 4.74 Å². The summed E-state index contributed by atoms with van der Waals surface area (Å²) >= 11 is 0. The molecule has 3 rings (SSSR count). The number of hydrogen-bond donors (Lipinski definition) is 4. The Bertz CT molecular complexity index is 585. The van der Waals surface area contributed by atoms with Gasteiger partial charge in [-0.1, -0.05) is 11.6 Å². The summed E-state index contributed by atoms with van der Waals surface area (Å²) in [4.78, 5) is 0. The Balaban J connectivity index is 2.15. The standard InChI is InChI=1S/C14H16O7/c1-7-2-3-9-8(4-7)14(20-6-19-9)13(18)12(17)11(16)10(5-15)21-14/h2-5,11-13,15-18H,6H2,1H3/b10-5+/t11-,12+,13-,14+/m1/s1. The largest absolute Gasteiger partial charge is 0.512 e. The lowest BCUT2D eigenvalue weighted by molar-refractivity contribution is -0.348. The van der Waals surface area contributed by atoms with E-state index in [4.69, 9.17) is 19.3 Å². The molecule has 7 heteroatoms. The van der Waals surface area contributed by atoms with Gasteiger partial charge in [-0.3, -0.25) is 4.74 Å². The number of aliphatic hydroxyl groups is 4. The molecule has 114 valence electrons. The molecular weight excluding hydrogens is 280 g/mol. The van der Waals surface area contributed by atoms with Gasteiger partial charge in [0, 0.05) is 0 Å². The number of aliphatic hydroxyl groups excluding tert-OH is 4. The summed E-state index contributed by atoms with van der Waals surface area (Å²) in [5, 5.41) is 39.3. The third-order valence-corrected chi connectivity index (χ3v) is 3.72. The molecule has 21 heavy (non-hydrogen) atoms. The topological polar surface area (TPSA) is 109 Å². The minimum absolute atomic E-state index is 0.200. The molecule has 0 bridgehead atoms. The van der Waals surface area contributed by atoms with Crippen molar-refractivity contribution in [2.24, 2.45) is 0 Å². The van der Waals surface area contributed by atoms with Crippen molar-refractivity contribution in [3.8, 4) is 5.75 Å². The highest BCUT2D eigenvalue weighted by Gasteiger charge is 2.57. The molecule has 2 aliphatic heterocycles. The molecule has 7 nitrogen and oxygen atoms in total. The number of hydrogen-bond acceptors (Lipinski definition) is 7. The molecule has 1 aromatic rings. The van der Waals surface area contributed by atoms with Crippen LogP contribution >= 0.6 is 0 Å². The minimum Gasteiger partial charge on any atom is -0.512 e. The van der Waals surface area contributed by atoms with Crippen LogP contribution in [-0.4, -0.2) is 45.5 Å². The van der Waals surface area contributed by atoms with E-state index in [1.807, 2.05) is 13.0 Å². The van der Waals surface area contributed by atoms with Gasteiger partial charge in [-0.25, -0.2) is 0 Å². The van der Waals surface area contributed by atoms with Crippen LogP contribution in [0.3, 0.4) is 0 Å². The van der Waals surface area contributed by atoms with Crippen LogP contribution in [0.1, 0.15) is 11.1 Å². The molecule has 1 aromatic carbocycles. The predicted octanol–water partition coefficient (Wildman–Crippen LogP) is 0.0266. The van der Waals surface area contributed by atoms with Gasteiger partial charge in [0.25, 0.3) is 5.79 Å². The summed E-state index contributed by atoms with van der Waals surface area (Å²) in [5.41, 5.74) is 1.25. The summed E-state index contributed by atoms with van der Waals surface area (Å²) in [6, 6.07) is 5.21. The van der Waals surface area contributed by atoms with Gasteiger partial charge in [0.1, 0.15) is 24.2 Å². The number of aryl methyl sites for hydroxylation is 1. The Morgan fingerprint density at radius 1 is 1.29 bits per heavy atom. The predicted molar refractivity (Wildman–Crippen MR) is 69.3 cm³/mol. The van der Waals surface area contributed by atoms with Crippen molar-refractivity contribution in [1.82, 2.24) is 0 Å². The zero-order valence-electron chi connectivity index (χ0n) is 11.3. The minimum atomic E-state index is -1.74. The van der Waals surface area contributed by atoms with E-state index in [-0.39, 0.29) is 12.6 Å². The molecule has 2 heterocycles. The smallest absolute Gasteiger partial charge is 0.272 e. The van der Waals surface area contributed by atoms with Gasteiger partial charge in [0.15, 0.2) is 18.7 Å². The van der Waals surface area contributed by atoms with Crippen molar-refractivity contribution in [3.05, 3.63) is 41.3 Å². The van der Waals surface area contributed by atoms with Gasteiger partial charge < -0.3 is 29.9 Å². The van der Waals surface area contributed by atoms with Crippen molar-refractivity contribution in [3.63, 3.8) is 0 Å². The number of fused-ring (bicyclic) bond motifs is 2. The monoisotopic (exact) mass is 296 g/mol. The van der Waals surface area contributed by atoms with Crippen molar-refractivity contribution >= 4 is 0 Å². The van der Waals surface area contributed by atoms with Crippen LogP contribution in [0, 0.1) is 6.92 Å². The fourth-order valence-electron chi connectivity index (χ4n) is 2.59. The van der Waals surface area contributed by atoms with Crippen LogP contribution in [0.25, 0.3) is 0 Å². The molecule has 1 fully saturated rings. The maximum atomic E-state index is 10.3. The molecular formula is C14H16O7. The maximum absolute atomic E-state index is 10.3. The van der Waals surface area contributed by atoms with Crippen LogP contribution in [0.5, 0.6) is 5.75 Å². The lowest BCUT2D eigenvalue weighted by atomic mass is 9.88. The Morgan fingerprint density at radius 3 is 2.76 bits per heavy atom. The van der Waals surface area contributed by atoms with E-state index >= 15 is 0 Å². The second-order valence-electron chi connectivity index (χ2n) is 5.09. The first-order valence-corrected chi connectivity index (χ1v) is 6.45. The van der Waals surface area contributed by atoms with E-state index in [1.165, 1.54) is 0 Å². The van der Waals surface area contributed by atoms with Gasteiger partial charge in [-0.15, -0.1) is 0 Å². The van der Waals surface area contributed by atoms with E-state index < -0.39 is 24.1 Å². The highest BCUT2D eigenvalue weighted by molar-refractivity contribution is 5.42. The van der Waals surface area contributed by atoms with Gasteiger partial charge in [-0.05, 0) is 19.1 Å². The molecule has 0 aromatic heterocycles. The number of benzene rings is 1. The molecule has 4 atom stereocenters. The zero-order chi connectivity index (χ0) is 15.2. The second-order valence-corrected chi connectivity index (χ2v) is 5.09. The van der Waals surface area contributed by atoms with E-state index in [0.29, 0.717) is 17.6 Å². The lowest BCUT2D eigenvalue weighted by Crippen LogP contribution is -2.60. The Hall–Kier alpha value is -1.80. The van der Waals surface area contributed by atoms with E-state index in [0.717, 1.165) is 5.56 Å². The summed E-state index contributed by atoms with van der Waals surface area (Å²) in [7, 11) is 0. The molecule has 0 saturated carbocycles. The van der Waals surface area contributed by atoms with Crippen LogP contribution in [-0.2, 0) is 15.3 Å². The number of rotatable bonds is 0. The second kappa shape index (κ2) is 4.88. The quantitative estimate of drug-likeness (QED) is 0.500. The van der Waals surface area contributed by atoms with Gasteiger partial charge in [-0.2, -0.15) is 0 Å². The third kappa shape index (κ3) is 1.97. The van der Waals surface area contributed by atoms with Gasteiger partial charge >= 0.3 is 0 Å². The first kappa shape index (κ1) is 14.2. The SMILES string of the molecule is Cc1ccc2c(c1)[C@]1(OCO2)O/C(=C/O)[C@@H](O)[C@H](O)[C@H]1O. The Labute approximate surface area is 120 Å².